The number of nitrogens with one attached hydrogen (secondary N) is 1. The van der Waals surface area contributed by atoms with E-state index in [9.17, 15) is 18.0 Å². The van der Waals surface area contributed by atoms with Crippen molar-refractivity contribution in [2.24, 2.45) is 0 Å². The number of benzene rings is 2. The number of hydrogen-bond acceptors (Lipinski definition) is 4. The van der Waals surface area contributed by atoms with Gasteiger partial charge in [0.2, 0.25) is 5.91 Å². The van der Waals surface area contributed by atoms with Gasteiger partial charge in [-0.3, -0.25) is 9.59 Å². The van der Waals surface area contributed by atoms with Gasteiger partial charge in [0.15, 0.2) is 0 Å². The van der Waals surface area contributed by atoms with Crippen molar-refractivity contribution >= 4 is 27.5 Å². The Hall–Kier alpha value is -2.67. The van der Waals surface area contributed by atoms with E-state index in [0.29, 0.717) is 9.99 Å². The van der Waals surface area contributed by atoms with E-state index in [0.717, 1.165) is 5.56 Å². The summed E-state index contributed by atoms with van der Waals surface area (Å²) in [6, 6.07) is 11.9. The Bertz CT molecular complexity index is 937. The second kappa shape index (κ2) is 5.76. The van der Waals surface area contributed by atoms with Crippen LogP contribution in [0.3, 0.4) is 0 Å². The Labute approximate surface area is 140 Å². The Balaban J connectivity index is 1.91. The summed E-state index contributed by atoms with van der Waals surface area (Å²) in [5.41, 5.74) is 1.51. The molecule has 24 heavy (non-hydrogen) atoms. The molecule has 1 aliphatic rings. The number of sulfonamides is 1. The van der Waals surface area contributed by atoms with Gasteiger partial charge in [0.05, 0.1) is 5.56 Å². The smallest absolute Gasteiger partial charge is 0.269 e. The van der Waals surface area contributed by atoms with E-state index < -0.39 is 27.9 Å². The van der Waals surface area contributed by atoms with Gasteiger partial charge >= 0.3 is 0 Å². The molecule has 6 nitrogen and oxygen atoms in total. The number of para-hydroxylation sites is 1. The summed E-state index contributed by atoms with van der Waals surface area (Å²) in [6.07, 6.45) is 0. The molecule has 0 saturated heterocycles. The van der Waals surface area contributed by atoms with Crippen LogP contribution in [0.4, 0.5) is 5.69 Å². The molecule has 1 unspecified atom stereocenters. The molecular formula is C17H16N2O4S. The third-order valence-electron chi connectivity index (χ3n) is 3.99. The van der Waals surface area contributed by atoms with Gasteiger partial charge in [-0.2, -0.15) is 0 Å². The zero-order chi connectivity index (χ0) is 17.5. The second-order valence-corrected chi connectivity index (χ2v) is 7.37. The number of hydrogen-bond donors (Lipinski definition) is 1. The number of fused-ring (bicyclic) bond motifs is 1. The fraction of sp³-hybridized carbons (Fsp3) is 0.176. The molecule has 0 spiro atoms. The van der Waals surface area contributed by atoms with Gasteiger partial charge in [0.1, 0.15) is 10.9 Å². The molecule has 1 atom stereocenters. The van der Waals surface area contributed by atoms with E-state index >= 15 is 0 Å². The van der Waals surface area contributed by atoms with Crippen LogP contribution in [0.5, 0.6) is 0 Å². The molecule has 0 aromatic heterocycles. The molecule has 0 fully saturated rings. The van der Waals surface area contributed by atoms with Gasteiger partial charge in [0, 0.05) is 5.69 Å². The SMILES string of the molecule is Cc1ccccc1NC(=O)C(C)N1C(=O)c2ccccc2S1(=O)=O. The lowest BCUT2D eigenvalue weighted by Crippen LogP contribution is -2.45. The van der Waals surface area contributed by atoms with E-state index in [4.69, 9.17) is 0 Å². The summed E-state index contributed by atoms with van der Waals surface area (Å²) in [4.78, 5) is 24.8. The summed E-state index contributed by atoms with van der Waals surface area (Å²) in [6.45, 7) is 3.23. The standard InChI is InChI=1S/C17H16N2O4S/c1-11-7-3-5-9-14(11)18-16(20)12(2)19-17(21)13-8-4-6-10-15(13)24(19,22)23/h3-10,12H,1-2H3,(H,18,20). The number of amides is 2. The van der Waals surface area contributed by atoms with Crippen molar-refractivity contribution in [1.82, 2.24) is 4.31 Å². The highest BCUT2D eigenvalue weighted by molar-refractivity contribution is 7.90. The van der Waals surface area contributed by atoms with E-state index in [1.165, 1.54) is 19.1 Å². The molecule has 0 saturated carbocycles. The average molecular weight is 344 g/mol. The molecular weight excluding hydrogens is 328 g/mol. The van der Waals surface area contributed by atoms with Gasteiger partial charge in [0.25, 0.3) is 15.9 Å². The van der Waals surface area contributed by atoms with E-state index in [1.54, 1.807) is 24.3 Å². The molecule has 2 aromatic rings. The average Bonchev–Trinajstić information content (AvgIpc) is 2.76. The Morgan fingerprint density at radius 1 is 1.08 bits per heavy atom. The lowest BCUT2D eigenvalue weighted by molar-refractivity contribution is -0.118. The maximum absolute atomic E-state index is 12.6. The largest absolute Gasteiger partial charge is 0.324 e. The number of anilines is 1. The molecule has 7 heteroatoms. The fourth-order valence-corrected chi connectivity index (χ4v) is 4.37. The van der Waals surface area contributed by atoms with Crippen molar-refractivity contribution < 1.29 is 18.0 Å². The second-order valence-electron chi connectivity index (χ2n) is 5.58. The molecule has 0 radical (unpaired) electrons. The minimum absolute atomic E-state index is 0.0643. The molecule has 2 amide bonds. The highest BCUT2D eigenvalue weighted by Crippen LogP contribution is 2.32. The molecule has 124 valence electrons. The molecule has 1 N–H and O–H groups in total. The van der Waals surface area contributed by atoms with Crippen molar-refractivity contribution in [3.63, 3.8) is 0 Å². The summed E-state index contributed by atoms with van der Waals surface area (Å²) >= 11 is 0. The summed E-state index contributed by atoms with van der Waals surface area (Å²) < 4.78 is 25.8. The van der Waals surface area contributed by atoms with Crippen LogP contribution in [0.15, 0.2) is 53.4 Å². The van der Waals surface area contributed by atoms with E-state index in [-0.39, 0.29) is 10.5 Å². The number of carbonyl (C=O) groups is 2. The van der Waals surface area contributed by atoms with Crippen LogP contribution in [-0.4, -0.2) is 30.6 Å². The normalized spacial score (nSPS) is 16.6. The molecule has 0 bridgehead atoms. The van der Waals surface area contributed by atoms with Crippen LogP contribution in [0.1, 0.15) is 22.8 Å². The molecule has 2 aromatic carbocycles. The lowest BCUT2D eigenvalue weighted by Gasteiger charge is -2.22. The summed E-state index contributed by atoms with van der Waals surface area (Å²) in [5, 5.41) is 2.67. The minimum Gasteiger partial charge on any atom is -0.324 e. The predicted molar refractivity (Wildman–Crippen MR) is 89.1 cm³/mol. The first-order valence-corrected chi connectivity index (χ1v) is 8.82. The highest BCUT2D eigenvalue weighted by atomic mass is 32.2. The monoisotopic (exact) mass is 344 g/mol. The maximum atomic E-state index is 12.6. The van der Waals surface area contributed by atoms with Crippen LogP contribution in [0.2, 0.25) is 0 Å². The van der Waals surface area contributed by atoms with Gasteiger partial charge in [-0.05, 0) is 37.6 Å². The first-order valence-electron chi connectivity index (χ1n) is 7.38. The van der Waals surface area contributed by atoms with Crippen LogP contribution in [0, 0.1) is 6.92 Å². The molecule has 0 aliphatic carbocycles. The number of carbonyl (C=O) groups excluding carboxylic acids is 2. The van der Waals surface area contributed by atoms with E-state index in [1.807, 2.05) is 19.1 Å². The Morgan fingerprint density at radius 3 is 2.38 bits per heavy atom. The first-order chi connectivity index (χ1) is 11.3. The highest BCUT2D eigenvalue weighted by Gasteiger charge is 2.45. The van der Waals surface area contributed by atoms with Crippen LogP contribution < -0.4 is 5.32 Å². The fourth-order valence-electron chi connectivity index (χ4n) is 2.64. The van der Waals surface area contributed by atoms with Crippen LogP contribution in [-0.2, 0) is 14.8 Å². The molecule has 1 heterocycles. The summed E-state index contributed by atoms with van der Waals surface area (Å²) in [5.74, 6) is -1.24. The van der Waals surface area contributed by atoms with Gasteiger partial charge < -0.3 is 5.32 Å². The zero-order valence-corrected chi connectivity index (χ0v) is 14.0. The third-order valence-corrected chi connectivity index (χ3v) is 5.90. The Morgan fingerprint density at radius 2 is 1.71 bits per heavy atom. The van der Waals surface area contributed by atoms with Crippen LogP contribution >= 0.6 is 0 Å². The number of aryl methyl sites for hydroxylation is 1. The predicted octanol–water partition coefficient (Wildman–Crippen LogP) is 2.17. The van der Waals surface area contributed by atoms with Gasteiger partial charge in [-0.15, -0.1) is 0 Å². The van der Waals surface area contributed by atoms with Crippen molar-refractivity contribution in [2.45, 2.75) is 24.8 Å². The lowest BCUT2D eigenvalue weighted by atomic mass is 10.1. The van der Waals surface area contributed by atoms with E-state index in [2.05, 4.69) is 5.32 Å². The minimum atomic E-state index is -4.02. The maximum Gasteiger partial charge on any atom is 0.269 e. The van der Waals surface area contributed by atoms with Gasteiger partial charge in [-0.25, -0.2) is 12.7 Å². The molecule has 3 rings (SSSR count). The quantitative estimate of drug-likeness (QED) is 0.925. The molecule has 1 aliphatic heterocycles. The van der Waals surface area contributed by atoms with Crippen LogP contribution in [0.25, 0.3) is 0 Å². The topological polar surface area (TPSA) is 83.6 Å². The van der Waals surface area contributed by atoms with Crippen molar-refractivity contribution in [2.75, 3.05) is 5.32 Å². The number of rotatable bonds is 3. The Kier molecular flexibility index (Phi) is 3.88. The first kappa shape index (κ1) is 16.2. The van der Waals surface area contributed by atoms with Crippen molar-refractivity contribution in [3.05, 3.63) is 59.7 Å². The third kappa shape index (κ3) is 2.46. The summed E-state index contributed by atoms with van der Waals surface area (Å²) in [7, 11) is -4.02. The number of nitrogens with zero attached hydrogens (tertiary/aromatic N) is 1. The zero-order valence-electron chi connectivity index (χ0n) is 13.2. The van der Waals surface area contributed by atoms with Crippen molar-refractivity contribution in [1.29, 1.82) is 0 Å². The van der Waals surface area contributed by atoms with Crippen molar-refractivity contribution in [3.8, 4) is 0 Å². The van der Waals surface area contributed by atoms with Gasteiger partial charge in [-0.1, -0.05) is 30.3 Å².